The Bertz CT molecular complexity index is 1060. The van der Waals surface area contributed by atoms with Gasteiger partial charge in [-0.2, -0.15) is 0 Å². The minimum atomic E-state index is -0.661. The smallest absolute Gasteiger partial charge is 0.122 e. The van der Waals surface area contributed by atoms with Crippen LogP contribution in [-0.4, -0.2) is 19.2 Å². The van der Waals surface area contributed by atoms with Gasteiger partial charge in [0.05, 0.1) is 23.3 Å². The van der Waals surface area contributed by atoms with Gasteiger partial charge in [0.25, 0.3) is 0 Å². The van der Waals surface area contributed by atoms with E-state index in [0.717, 1.165) is 29.7 Å². The molecular weight excluding hydrogens is 488 g/mol. The molecule has 0 amide bonds. The predicted octanol–water partition coefficient (Wildman–Crippen LogP) is 7.29. The summed E-state index contributed by atoms with van der Waals surface area (Å²) in [5.74, 6) is 0. The molecule has 1 aliphatic rings. The van der Waals surface area contributed by atoms with Gasteiger partial charge in [-0.3, -0.25) is 0 Å². The van der Waals surface area contributed by atoms with Crippen LogP contribution in [0.3, 0.4) is 0 Å². The highest BCUT2D eigenvalue weighted by atomic mass is 35.5. The molecule has 32 heavy (non-hydrogen) atoms. The summed E-state index contributed by atoms with van der Waals surface area (Å²) in [7, 11) is 0. The molecule has 0 bridgehead atoms. The summed E-state index contributed by atoms with van der Waals surface area (Å²) in [6, 6.07) is 21.0. The molecule has 7 heteroatoms. The van der Waals surface area contributed by atoms with E-state index in [4.69, 9.17) is 55.9 Å². The minimum absolute atomic E-state index is 0.241. The van der Waals surface area contributed by atoms with Gasteiger partial charge < -0.3 is 14.8 Å². The van der Waals surface area contributed by atoms with Crippen molar-refractivity contribution in [2.75, 3.05) is 13.1 Å². The van der Waals surface area contributed by atoms with Gasteiger partial charge in [0, 0.05) is 16.6 Å². The molecule has 1 aliphatic heterocycles. The number of rotatable bonds is 7. The Kier molecular flexibility index (Phi) is 8.01. The van der Waals surface area contributed by atoms with Gasteiger partial charge >= 0.3 is 0 Å². The van der Waals surface area contributed by atoms with Crippen LogP contribution in [0.1, 0.15) is 23.1 Å². The van der Waals surface area contributed by atoms with Crippen LogP contribution in [-0.2, 0) is 28.3 Å². The molecule has 1 heterocycles. The molecule has 0 spiro atoms. The van der Waals surface area contributed by atoms with Crippen LogP contribution in [0.2, 0.25) is 20.1 Å². The lowest BCUT2D eigenvalue weighted by Crippen LogP contribution is -2.54. The molecule has 168 valence electrons. The van der Waals surface area contributed by atoms with Crippen LogP contribution >= 0.6 is 46.4 Å². The van der Waals surface area contributed by atoms with Gasteiger partial charge in [0.1, 0.15) is 11.7 Å². The van der Waals surface area contributed by atoms with Crippen LogP contribution in [0.15, 0.2) is 66.7 Å². The van der Waals surface area contributed by atoms with Crippen LogP contribution in [0.4, 0.5) is 0 Å². The molecule has 1 saturated heterocycles. The SMILES string of the molecule is Clc1ccc(C2(OCc3ccccc3Cl)CCNCC2OCc2ccc(Cl)c(Cl)c2)cc1. The predicted molar refractivity (Wildman–Crippen MR) is 132 cm³/mol. The van der Waals surface area contributed by atoms with E-state index in [2.05, 4.69) is 5.32 Å². The number of ether oxygens (including phenoxy) is 2. The van der Waals surface area contributed by atoms with Crippen molar-refractivity contribution in [2.45, 2.75) is 31.3 Å². The Morgan fingerprint density at radius 3 is 2.38 bits per heavy atom. The largest absolute Gasteiger partial charge is 0.369 e. The number of halogens is 4. The fourth-order valence-electron chi connectivity index (χ4n) is 3.99. The van der Waals surface area contributed by atoms with Crippen molar-refractivity contribution in [3.05, 3.63) is 104 Å². The van der Waals surface area contributed by atoms with Crippen molar-refractivity contribution in [3.8, 4) is 0 Å². The van der Waals surface area contributed by atoms with Gasteiger partial charge in [-0.25, -0.2) is 0 Å². The van der Waals surface area contributed by atoms with Crippen molar-refractivity contribution in [1.82, 2.24) is 5.32 Å². The maximum atomic E-state index is 6.67. The highest BCUT2D eigenvalue weighted by Crippen LogP contribution is 2.39. The van der Waals surface area contributed by atoms with Crippen molar-refractivity contribution >= 4 is 46.4 Å². The zero-order chi connectivity index (χ0) is 22.6. The van der Waals surface area contributed by atoms with E-state index in [0.29, 0.717) is 39.8 Å². The lowest BCUT2D eigenvalue weighted by molar-refractivity contribution is -0.176. The van der Waals surface area contributed by atoms with Crippen LogP contribution < -0.4 is 5.32 Å². The zero-order valence-electron chi connectivity index (χ0n) is 17.3. The third-order valence-corrected chi connectivity index (χ3v) is 7.09. The van der Waals surface area contributed by atoms with Crippen LogP contribution in [0, 0.1) is 0 Å². The highest BCUT2D eigenvalue weighted by Gasteiger charge is 2.44. The second-order valence-corrected chi connectivity index (χ2v) is 9.44. The quantitative estimate of drug-likeness (QED) is 0.362. The van der Waals surface area contributed by atoms with Crippen LogP contribution in [0.5, 0.6) is 0 Å². The fraction of sp³-hybridized carbons (Fsp3) is 0.280. The third kappa shape index (κ3) is 5.43. The van der Waals surface area contributed by atoms with E-state index in [1.54, 1.807) is 6.07 Å². The van der Waals surface area contributed by atoms with Crippen molar-refractivity contribution < 1.29 is 9.47 Å². The summed E-state index contributed by atoms with van der Waals surface area (Å²) in [5, 5.41) is 5.82. The van der Waals surface area contributed by atoms with E-state index in [9.17, 15) is 0 Å². The molecular formula is C25H23Cl4NO2. The van der Waals surface area contributed by atoms with E-state index in [1.165, 1.54) is 0 Å². The topological polar surface area (TPSA) is 30.5 Å². The molecule has 0 aromatic heterocycles. The van der Waals surface area contributed by atoms with Crippen molar-refractivity contribution in [1.29, 1.82) is 0 Å². The number of hydrogen-bond donors (Lipinski definition) is 1. The van der Waals surface area contributed by atoms with Gasteiger partial charge in [-0.15, -0.1) is 0 Å². The molecule has 0 radical (unpaired) electrons. The highest BCUT2D eigenvalue weighted by molar-refractivity contribution is 6.42. The monoisotopic (exact) mass is 509 g/mol. The molecule has 2 unspecified atom stereocenters. The molecule has 1 N–H and O–H groups in total. The Hall–Kier alpha value is -1.30. The van der Waals surface area contributed by atoms with Crippen molar-refractivity contribution in [2.24, 2.45) is 0 Å². The molecule has 1 fully saturated rings. The summed E-state index contributed by atoms with van der Waals surface area (Å²) >= 11 is 24.8. The molecule has 3 aromatic rings. The molecule has 2 atom stereocenters. The first-order chi connectivity index (χ1) is 15.5. The summed E-state index contributed by atoms with van der Waals surface area (Å²) < 4.78 is 13.1. The summed E-state index contributed by atoms with van der Waals surface area (Å²) in [6.07, 6.45) is 0.500. The molecule has 0 aliphatic carbocycles. The molecule has 3 nitrogen and oxygen atoms in total. The van der Waals surface area contributed by atoms with Gasteiger partial charge in [-0.1, -0.05) is 82.8 Å². The average Bonchev–Trinajstić information content (AvgIpc) is 2.80. The fourth-order valence-corrected chi connectivity index (χ4v) is 4.62. The van der Waals surface area contributed by atoms with Gasteiger partial charge in [0.2, 0.25) is 0 Å². The number of hydrogen-bond acceptors (Lipinski definition) is 3. The lowest BCUT2D eigenvalue weighted by Gasteiger charge is -2.44. The number of piperidine rings is 1. The third-order valence-electron chi connectivity index (χ3n) is 5.73. The van der Waals surface area contributed by atoms with Gasteiger partial charge in [0.15, 0.2) is 0 Å². The van der Waals surface area contributed by atoms with Gasteiger partial charge in [-0.05, 0) is 60.0 Å². The lowest BCUT2D eigenvalue weighted by atomic mass is 9.82. The first kappa shape index (κ1) is 23.8. The number of benzene rings is 3. The Morgan fingerprint density at radius 2 is 1.62 bits per heavy atom. The number of nitrogens with one attached hydrogen (secondary N) is 1. The summed E-state index contributed by atoms with van der Waals surface area (Å²) in [5.41, 5.74) is 2.24. The second-order valence-electron chi connectivity index (χ2n) is 7.78. The average molecular weight is 511 g/mol. The first-order valence-corrected chi connectivity index (χ1v) is 11.9. The van der Waals surface area contributed by atoms with E-state index < -0.39 is 5.60 Å². The zero-order valence-corrected chi connectivity index (χ0v) is 20.3. The second kappa shape index (κ2) is 10.8. The van der Waals surface area contributed by atoms with Crippen molar-refractivity contribution in [3.63, 3.8) is 0 Å². The molecule has 4 rings (SSSR count). The maximum absolute atomic E-state index is 6.67. The Labute approximate surface area is 208 Å². The van der Waals surface area contributed by atoms with E-state index in [-0.39, 0.29) is 6.10 Å². The first-order valence-electron chi connectivity index (χ1n) is 10.4. The molecule has 3 aromatic carbocycles. The van der Waals surface area contributed by atoms with Crippen LogP contribution in [0.25, 0.3) is 0 Å². The normalized spacial score (nSPS) is 20.9. The van der Waals surface area contributed by atoms with E-state index in [1.807, 2.05) is 60.7 Å². The summed E-state index contributed by atoms with van der Waals surface area (Å²) in [6.45, 7) is 2.20. The Morgan fingerprint density at radius 1 is 0.844 bits per heavy atom. The molecule has 0 saturated carbocycles. The Balaban J connectivity index is 1.62. The minimum Gasteiger partial charge on any atom is -0.369 e. The van der Waals surface area contributed by atoms with E-state index >= 15 is 0 Å². The summed E-state index contributed by atoms with van der Waals surface area (Å²) in [4.78, 5) is 0. The maximum Gasteiger partial charge on any atom is 0.122 e. The standard InChI is InChI=1S/C25H23Cl4NO2/c26-20-8-6-19(7-9-20)25(32-16-18-3-1-2-4-21(18)27)11-12-30-14-24(25)31-15-17-5-10-22(28)23(29)13-17/h1-10,13,24,30H,11-12,14-16H2.